The first-order chi connectivity index (χ1) is 5.79. The molecule has 3 nitrogen and oxygen atoms in total. The molecule has 1 aliphatic rings. The van der Waals surface area contributed by atoms with Crippen molar-refractivity contribution >= 4 is 0 Å². The van der Waals surface area contributed by atoms with Crippen molar-refractivity contribution in [2.24, 2.45) is 5.73 Å². The number of hydrogen-bond donors (Lipinski definition) is 1. The molecule has 0 aromatic heterocycles. The zero-order valence-electron chi connectivity index (χ0n) is 8.12. The number of nitrogens with zero attached hydrogens (tertiary/aromatic N) is 1. The lowest BCUT2D eigenvalue weighted by Crippen LogP contribution is -2.41. The third-order valence-corrected chi connectivity index (χ3v) is 2.48. The van der Waals surface area contributed by atoms with Crippen LogP contribution in [0.4, 0.5) is 0 Å². The Bertz CT molecular complexity index is 126. The van der Waals surface area contributed by atoms with Crippen molar-refractivity contribution in [3.63, 3.8) is 0 Å². The van der Waals surface area contributed by atoms with E-state index in [1.807, 2.05) is 0 Å². The first kappa shape index (κ1) is 9.96. The van der Waals surface area contributed by atoms with Gasteiger partial charge in [-0.25, -0.2) is 0 Å². The highest BCUT2D eigenvalue weighted by atomic mass is 16.5. The van der Waals surface area contributed by atoms with Crippen LogP contribution in [0.1, 0.15) is 19.8 Å². The van der Waals surface area contributed by atoms with Crippen LogP contribution in [0.5, 0.6) is 0 Å². The van der Waals surface area contributed by atoms with Gasteiger partial charge in [-0.2, -0.15) is 0 Å². The Hall–Kier alpha value is -0.120. The minimum absolute atomic E-state index is 0.507. The normalized spacial score (nSPS) is 20.0. The fourth-order valence-corrected chi connectivity index (χ4v) is 1.50. The van der Waals surface area contributed by atoms with Gasteiger partial charge >= 0.3 is 0 Å². The molecule has 0 aromatic rings. The van der Waals surface area contributed by atoms with E-state index in [9.17, 15) is 0 Å². The zero-order valence-corrected chi connectivity index (χ0v) is 8.12. The molecule has 1 rings (SSSR count). The lowest BCUT2D eigenvalue weighted by Gasteiger charge is -2.27. The number of nitrogens with two attached hydrogens (primary N) is 1. The summed E-state index contributed by atoms with van der Waals surface area (Å²) in [6.45, 7) is 4.79. The lowest BCUT2D eigenvalue weighted by atomic mass is 10.3. The molecule has 0 heterocycles. The second-order valence-electron chi connectivity index (χ2n) is 3.55. The summed E-state index contributed by atoms with van der Waals surface area (Å²) < 4.78 is 5.06. The van der Waals surface area contributed by atoms with Gasteiger partial charge in [0.1, 0.15) is 0 Å². The van der Waals surface area contributed by atoms with Crippen LogP contribution >= 0.6 is 0 Å². The molecule has 0 aromatic carbocycles. The summed E-state index contributed by atoms with van der Waals surface area (Å²) in [5.74, 6) is 0. The Morgan fingerprint density at radius 2 is 2.25 bits per heavy atom. The summed E-state index contributed by atoms with van der Waals surface area (Å²) in [7, 11) is 1.75. The van der Waals surface area contributed by atoms with E-state index < -0.39 is 0 Å². The number of hydrogen-bond acceptors (Lipinski definition) is 3. The van der Waals surface area contributed by atoms with E-state index in [2.05, 4.69) is 11.8 Å². The Balaban J connectivity index is 2.26. The maximum Gasteiger partial charge on any atom is 0.0589 e. The fraction of sp³-hybridized carbons (Fsp3) is 1.00. The number of rotatable bonds is 6. The summed E-state index contributed by atoms with van der Waals surface area (Å²) >= 11 is 0. The molecule has 1 fully saturated rings. The molecule has 0 radical (unpaired) electrons. The SMILES string of the molecule is COCCN(C(C)CN)C1CC1. The quantitative estimate of drug-likeness (QED) is 0.632. The molecular weight excluding hydrogens is 152 g/mol. The summed E-state index contributed by atoms with van der Waals surface area (Å²) in [4.78, 5) is 2.46. The molecule has 1 aliphatic carbocycles. The molecular formula is C9H20N2O. The van der Waals surface area contributed by atoms with Crippen molar-refractivity contribution in [2.45, 2.75) is 31.8 Å². The van der Waals surface area contributed by atoms with Gasteiger partial charge in [0.05, 0.1) is 6.61 Å². The van der Waals surface area contributed by atoms with Crippen LogP contribution in [0.15, 0.2) is 0 Å². The smallest absolute Gasteiger partial charge is 0.0589 e. The van der Waals surface area contributed by atoms with Gasteiger partial charge in [-0.05, 0) is 19.8 Å². The first-order valence-corrected chi connectivity index (χ1v) is 4.74. The van der Waals surface area contributed by atoms with Crippen molar-refractivity contribution in [2.75, 3.05) is 26.8 Å². The van der Waals surface area contributed by atoms with Crippen LogP contribution < -0.4 is 5.73 Å². The Morgan fingerprint density at radius 3 is 2.67 bits per heavy atom. The minimum Gasteiger partial charge on any atom is -0.383 e. The van der Waals surface area contributed by atoms with E-state index in [1.165, 1.54) is 12.8 Å². The molecule has 0 spiro atoms. The second-order valence-corrected chi connectivity index (χ2v) is 3.55. The van der Waals surface area contributed by atoms with Gasteiger partial charge in [0.2, 0.25) is 0 Å². The third kappa shape index (κ3) is 2.73. The van der Waals surface area contributed by atoms with Crippen LogP contribution in [0.25, 0.3) is 0 Å². The highest BCUT2D eigenvalue weighted by Crippen LogP contribution is 2.27. The standard InChI is InChI=1S/C9H20N2O/c1-8(7-10)11(5-6-12-2)9-3-4-9/h8-9H,3-7,10H2,1-2H3. The topological polar surface area (TPSA) is 38.5 Å². The van der Waals surface area contributed by atoms with E-state index in [4.69, 9.17) is 10.5 Å². The van der Waals surface area contributed by atoms with Gasteiger partial charge in [0, 0.05) is 32.3 Å². The van der Waals surface area contributed by atoms with E-state index in [-0.39, 0.29) is 0 Å². The Kier molecular flexibility index (Phi) is 3.98. The molecule has 72 valence electrons. The molecule has 1 unspecified atom stereocenters. The zero-order chi connectivity index (χ0) is 8.97. The molecule has 2 N–H and O–H groups in total. The number of methoxy groups -OCH3 is 1. The molecule has 0 aliphatic heterocycles. The predicted octanol–water partition coefficient (Wildman–Crippen LogP) is 0.444. The summed E-state index contributed by atoms with van der Waals surface area (Å²) in [5, 5.41) is 0. The van der Waals surface area contributed by atoms with E-state index in [0.29, 0.717) is 6.04 Å². The summed E-state index contributed by atoms with van der Waals surface area (Å²) in [5.41, 5.74) is 5.63. The maximum atomic E-state index is 5.63. The largest absolute Gasteiger partial charge is 0.383 e. The van der Waals surface area contributed by atoms with Crippen molar-refractivity contribution in [3.8, 4) is 0 Å². The van der Waals surface area contributed by atoms with Gasteiger partial charge < -0.3 is 10.5 Å². The first-order valence-electron chi connectivity index (χ1n) is 4.74. The van der Waals surface area contributed by atoms with Crippen LogP contribution in [-0.4, -0.2) is 43.8 Å². The molecule has 1 atom stereocenters. The van der Waals surface area contributed by atoms with Gasteiger partial charge in [-0.1, -0.05) is 0 Å². The monoisotopic (exact) mass is 172 g/mol. The average molecular weight is 172 g/mol. The van der Waals surface area contributed by atoms with E-state index in [1.54, 1.807) is 7.11 Å². The molecule has 0 bridgehead atoms. The third-order valence-electron chi connectivity index (χ3n) is 2.48. The Morgan fingerprint density at radius 1 is 1.58 bits per heavy atom. The summed E-state index contributed by atoms with van der Waals surface area (Å²) in [6, 6.07) is 1.30. The van der Waals surface area contributed by atoms with E-state index in [0.717, 1.165) is 25.7 Å². The van der Waals surface area contributed by atoms with Crippen LogP contribution in [0.3, 0.4) is 0 Å². The van der Waals surface area contributed by atoms with Crippen molar-refractivity contribution < 1.29 is 4.74 Å². The molecule has 0 amide bonds. The van der Waals surface area contributed by atoms with E-state index >= 15 is 0 Å². The van der Waals surface area contributed by atoms with Crippen LogP contribution in [0.2, 0.25) is 0 Å². The highest BCUT2D eigenvalue weighted by Gasteiger charge is 2.30. The van der Waals surface area contributed by atoms with Gasteiger partial charge in [-0.3, -0.25) is 4.90 Å². The summed E-state index contributed by atoms with van der Waals surface area (Å²) in [6.07, 6.45) is 2.68. The van der Waals surface area contributed by atoms with Crippen LogP contribution in [0, 0.1) is 0 Å². The minimum atomic E-state index is 0.507. The second kappa shape index (κ2) is 4.80. The molecule has 12 heavy (non-hydrogen) atoms. The fourth-order valence-electron chi connectivity index (χ4n) is 1.50. The van der Waals surface area contributed by atoms with Gasteiger partial charge in [0.15, 0.2) is 0 Å². The van der Waals surface area contributed by atoms with Crippen molar-refractivity contribution in [1.29, 1.82) is 0 Å². The average Bonchev–Trinajstić information content (AvgIpc) is 2.88. The predicted molar refractivity (Wildman–Crippen MR) is 50.1 cm³/mol. The van der Waals surface area contributed by atoms with Crippen molar-refractivity contribution in [1.82, 2.24) is 4.90 Å². The molecule has 1 saturated carbocycles. The van der Waals surface area contributed by atoms with Crippen LogP contribution in [-0.2, 0) is 4.74 Å². The lowest BCUT2D eigenvalue weighted by molar-refractivity contribution is 0.121. The van der Waals surface area contributed by atoms with Gasteiger partial charge in [0.25, 0.3) is 0 Å². The molecule has 3 heteroatoms. The molecule has 0 saturated heterocycles. The van der Waals surface area contributed by atoms with Gasteiger partial charge in [-0.15, -0.1) is 0 Å². The number of ether oxygens (including phenoxy) is 1. The maximum absolute atomic E-state index is 5.63. The highest BCUT2D eigenvalue weighted by molar-refractivity contribution is 4.87. The Labute approximate surface area is 74.9 Å². The van der Waals surface area contributed by atoms with Crippen molar-refractivity contribution in [3.05, 3.63) is 0 Å².